The van der Waals surface area contributed by atoms with Crippen LogP contribution in [0.25, 0.3) is 98.5 Å². The molecule has 0 bridgehead atoms. The molecule has 4 heteroatoms. The molecule has 248 valence electrons. The summed E-state index contributed by atoms with van der Waals surface area (Å²) in [7, 11) is 0. The third-order valence-electron chi connectivity index (χ3n) is 9.89. The van der Waals surface area contributed by atoms with Gasteiger partial charge in [-0.3, -0.25) is 0 Å². The highest BCUT2D eigenvalue weighted by molar-refractivity contribution is 7.25. The summed E-state index contributed by atoms with van der Waals surface area (Å²) in [5.74, 6) is 1.93. The smallest absolute Gasteiger partial charge is 0.164 e. The number of nitrogens with zero attached hydrogens (tertiary/aromatic N) is 3. The van der Waals surface area contributed by atoms with Crippen LogP contribution in [-0.2, 0) is 0 Å². The third-order valence-corrected chi connectivity index (χ3v) is 11.0. The van der Waals surface area contributed by atoms with E-state index in [1.807, 2.05) is 72.0 Å². The van der Waals surface area contributed by atoms with Gasteiger partial charge in [-0.15, -0.1) is 11.3 Å². The van der Waals surface area contributed by atoms with Crippen LogP contribution in [0.4, 0.5) is 0 Å². The van der Waals surface area contributed by atoms with Gasteiger partial charge in [0, 0.05) is 36.9 Å². The molecule has 53 heavy (non-hydrogen) atoms. The van der Waals surface area contributed by atoms with Crippen molar-refractivity contribution in [3.8, 4) is 67.5 Å². The van der Waals surface area contributed by atoms with Gasteiger partial charge in [-0.05, 0) is 86.6 Å². The second kappa shape index (κ2) is 13.1. The van der Waals surface area contributed by atoms with Crippen LogP contribution in [0.5, 0.6) is 0 Å². The van der Waals surface area contributed by atoms with Crippen LogP contribution < -0.4 is 0 Å². The first-order chi connectivity index (χ1) is 26.2. The fourth-order valence-electron chi connectivity index (χ4n) is 7.16. The van der Waals surface area contributed by atoms with Crippen molar-refractivity contribution in [1.29, 1.82) is 0 Å². The lowest BCUT2D eigenvalue weighted by molar-refractivity contribution is 1.07. The van der Waals surface area contributed by atoms with Crippen molar-refractivity contribution in [3.63, 3.8) is 0 Å². The number of fused-ring (bicyclic) bond motifs is 4. The largest absolute Gasteiger partial charge is 0.208 e. The van der Waals surface area contributed by atoms with Gasteiger partial charge in [-0.2, -0.15) is 0 Å². The number of hydrogen-bond acceptors (Lipinski definition) is 4. The van der Waals surface area contributed by atoms with Crippen LogP contribution >= 0.6 is 11.3 Å². The summed E-state index contributed by atoms with van der Waals surface area (Å²) in [5, 5.41) is 5.08. The highest BCUT2D eigenvalue weighted by Gasteiger charge is 2.16. The van der Waals surface area contributed by atoms with Gasteiger partial charge >= 0.3 is 0 Å². The topological polar surface area (TPSA) is 38.7 Å². The fourth-order valence-corrected chi connectivity index (χ4v) is 8.27. The van der Waals surface area contributed by atoms with Gasteiger partial charge in [0.1, 0.15) is 0 Å². The van der Waals surface area contributed by atoms with Gasteiger partial charge in [0.2, 0.25) is 0 Å². The van der Waals surface area contributed by atoms with E-state index in [1.54, 1.807) is 0 Å². The molecule has 0 amide bonds. The van der Waals surface area contributed by atoms with Gasteiger partial charge in [-0.1, -0.05) is 146 Å². The number of rotatable bonds is 6. The molecule has 8 aromatic carbocycles. The highest BCUT2D eigenvalue weighted by Crippen LogP contribution is 2.40. The molecule has 0 aliphatic rings. The van der Waals surface area contributed by atoms with Crippen molar-refractivity contribution in [2.75, 3.05) is 0 Å². The molecule has 0 aliphatic heterocycles. The Morgan fingerprint density at radius 3 is 1.28 bits per heavy atom. The van der Waals surface area contributed by atoms with E-state index >= 15 is 0 Å². The first-order valence-corrected chi connectivity index (χ1v) is 18.6. The quantitative estimate of drug-likeness (QED) is 0.174. The summed E-state index contributed by atoms with van der Waals surface area (Å²) in [5.41, 5.74) is 9.69. The first kappa shape index (κ1) is 31.0. The minimum atomic E-state index is 0.634. The molecule has 0 aliphatic carbocycles. The molecule has 10 rings (SSSR count). The van der Waals surface area contributed by atoms with Crippen LogP contribution in [0.1, 0.15) is 0 Å². The number of benzene rings is 8. The Morgan fingerprint density at radius 1 is 0.264 bits per heavy atom. The van der Waals surface area contributed by atoms with Gasteiger partial charge in [0.05, 0.1) is 0 Å². The maximum Gasteiger partial charge on any atom is 0.164 e. The third kappa shape index (κ3) is 5.95. The van der Waals surface area contributed by atoms with Gasteiger partial charge in [0.15, 0.2) is 17.5 Å². The van der Waals surface area contributed by atoms with E-state index in [-0.39, 0.29) is 0 Å². The average Bonchev–Trinajstić information content (AvgIpc) is 3.60. The predicted molar refractivity (Wildman–Crippen MR) is 223 cm³/mol. The monoisotopic (exact) mass is 693 g/mol. The molecule has 0 N–H and O–H groups in total. The van der Waals surface area contributed by atoms with E-state index in [9.17, 15) is 0 Å². The van der Waals surface area contributed by atoms with Crippen molar-refractivity contribution in [1.82, 2.24) is 15.0 Å². The molecule has 10 aromatic rings. The molecule has 0 unspecified atom stereocenters. The predicted octanol–water partition coefficient (Wildman–Crippen LogP) is 13.4. The summed E-state index contributed by atoms with van der Waals surface area (Å²) >= 11 is 1.85. The summed E-state index contributed by atoms with van der Waals surface area (Å²) in [6.07, 6.45) is 0. The lowest BCUT2D eigenvalue weighted by atomic mass is 9.94. The summed E-state index contributed by atoms with van der Waals surface area (Å²) in [4.78, 5) is 15.2. The van der Waals surface area contributed by atoms with E-state index in [0.29, 0.717) is 17.5 Å². The highest BCUT2D eigenvalue weighted by atomic mass is 32.1. The van der Waals surface area contributed by atoms with Crippen LogP contribution in [0.3, 0.4) is 0 Å². The lowest BCUT2D eigenvalue weighted by Crippen LogP contribution is -2.00. The Hall–Kier alpha value is -6.75. The minimum Gasteiger partial charge on any atom is -0.208 e. The number of hydrogen-bond donors (Lipinski definition) is 0. The van der Waals surface area contributed by atoms with E-state index in [2.05, 4.69) is 127 Å². The number of thiophene rings is 1. The first-order valence-electron chi connectivity index (χ1n) is 17.8. The number of aromatic nitrogens is 3. The fraction of sp³-hybridized carbons (Fsp3) is 0. The van der Waals surface area contributed by atoms with Gasteiger partial charge < -0.3 is 0 Å². The summed E-state index contributed by atoms with van der Waals surface area (Å²) in [6, 6.07) is 66.5. The van der Waals surface area contributed by atoms with Gasteiger partial charge in [-0.25, -0.2) is 15.0 Å². The average molecular weight is 694 g/mol. The molecule has 0 atom stereocenters. The zero-order valence-corrected chi connectivity index (χ0v) is 29.5. The summed E-state index contributed by atoms with van der Waals surface area (Å²) in [6.45, 7) is 0. The molecule has 0 spiro atoms. The lowest BCUT2D eigenvalue weighted by Gasteiger charge is -2.13. The zero-order chi connectivity index (χ0) is 35.1. The molecular formula is C49H31N3S. The molecule has 0 saturated carbocycles. The van der Waals surface area contributed by atoms with Crippen molar-refractivity contribution >= 4 is 42.3 Å². The SMILES string of the molecule is c1ccc(-c2ccc(-c3cc(-c4ccc5sc6cc7ccccc7cc6c5c4)cc(-c4nc(-c5ccccc5)nc(-c5ccccc5)n4)c3)cc2)cc1. The van der Waals surface area contributed by atoms with Crippen molar-refractivity contribution in [2.45, 2.75) is 0 Å². The Morgan fingerprint density at radius 2 is 0.679 bits per heavy atom. The van der Waals surface area contributed by atoms with Crippen molar-refractivity contribution in [3.05, 3.63) is 188 Å². The molecule has 0 saturated heterocycles. The second-order valence-electron chi connectivity index (χ2n) is 13.3. The standard InChI is InChI=1S/C49H31N3S/c1-4-12-32(13-5-1)33-20-22-34(23-21-33)40-26-41(39-24-25-45-43(30-39)44-29-37-18-10-11-19-38(37)31-46(44)53-45)28-42(27-40)49-51-47(35-14-6-2-7-15-35)50-48(52-49)36-16-8-3-9-17-36/h1-31H. The van der Waals surface area contributed by atoms with E-state index in [0.717, 1.165) is 38.9 Å². The van der Waals surface area contributed by atoms with E-state index in [4.69, 9.17) is 15.0 Å². The van der Waals surface area contributed by atoms with Crippen LogP contribution in [0, 0.1) is 0 Å². The molecule has 0 radical (unpaired) electrons. The van der Waals surface area contributed by atoms with Crippen molar-refractivity contribution < 1.29 is 0 Å². The Balaban J connectivity index is 1.17. The van der Waals surface area contributed by atoms with E-state index < -0.39 is 0 Å². The molecule has 3 nitrogen and oxygen atoms in total. The molecule has 2 heterocycles. The normalized spacial score (nSPS) is 11.4. The Kier molecular flexibility index (Phi) is 7.67. The van der Waals surface area contributed by atoms with Gasteiger partial charge in [0.25, 0.3) is 0 Å². The Labute approximate surface area is 311 Å². The molecular weight excluding hydrogens is 663 g/mol. The minimum absolute atomic E-state index is 0.634. The summed E-state index contributed by atoms with van der Waals surface area (Å²) < 4.78 is 2.58. The zero-order valence-electron chi connectivity index (χ0n) is 28.6. The second-order valence-corrected chi connectivity index (χ2v) is 14.4. The molecule has 2 aromatic heterocycles. The van der Waals surface area contributed by atoms with Crippen LogP contribution in [0.15, 0.2) is 188 Å². The van der Waals surface area contributed by atoms with E-state index in [1.165, 1.54) is 42.1 Å². The maximum absolute atomic E-state index is 5.11. The van der Waals surface area contributed by atoms with Crippen LogP contribution in [-0.4, -0.2) is 15.0 Å². The Bertz CT molecular complexity index is 2860. The molecule has 0 fully saturated rings. The van der Waals surface area contributed by atoms with Crippen LogP contribution in [0.2, 0.25) is 0 Å². The maximum atomic E-state index is 5.11. The van der Waals surface area contributed by atoms with Crippen molar-refractivity contribution in [2.24, 2.45) is 0 Å².